The normalized spacial score (nSPS) is 14.5. The summed E-state index contributed by atoms with van der Waals surface area (Å²) in [6.07, 6.45) is 5.36. The third-order valence-corrected chi connectivity index (χ3v) is 5.97. The van der Waals surface area contributed by atoms with Gasteiger partial charge in [-0.2, -0.15) is 0 Å². The van der Waals surface area contributed by atoms with E-state index in [1.165, 1.54) is 0 Å². The first-order chi connectivity index (χ1) is 12.1. The second-order valence-corrected chi connectivity index (χ2v) is 7.81. The van der Waals surface area contributed by atoms with Crippen molar-refractivity contribution in [1.29, 1.82) is 0 Å². The van der Waals surface area contributed by atoms with Crippen molar-refractivity contribution in [3.05, 3.63) is 64.7 Å². The van der Waals surface area contributed by atoms with E-state index in [4.69, 9.17) is 0 Å². The second-order valence-electron chi connectivity index (χ2n) is 6.16. The fourth-order valence-corrected chi connectivity index (χ4v) is 4.65. The van der Waals surface area contributed by atoms with Crippen LogP contribution < -0.4 is 10.0 Å². The van der Waals surface area contributed by atoms with Crippen molar-refractivity contribution in [1.82, 2.24) is 5.32 Å². The van der Waals surface area contributed by atoms with E-state index in [-0.39, 0.29) is 0 Å². The molecule has 3 rings (SSSR count). The Bertz CT molecular complexity index is 902. The van der Waals surface area contributed by atoms with E-state index in [2.05, 4.69) is 10.0 Å². The molecule has 0 aromatic heterocycles. The van der Waals surface area contributed by atoms with Crippen molar-refractivity contribution < 1.29 is 8.42 Å². The van der Waals surface area contributed by atoms with E-state index in [9.17, 15) is 8.42 Å². The summed E-state index contributed by atoms with van der Waals surface area (Å²) in [5.74, 6) is 0. The van der Waals surface area contributed by atoms with Crippen LogP contribution in [0.3, 0.4) is 0 Å². The maximum Gasteiger partial charge on any atom is 0.262 e. The van der Waals surface area contributed by atoms with Gasteiger partial charge in [0.2, 0.25) is 0 Å². The standard InChI is InChI=1S/C20H24N2O2S/c1-3-7-18-15(4-2)8-6-11-20(18)25(23,24)22-19-10-5-9-16-14-21-13-12-17(16)19/h3,5-11,21-22H,4,12-14H2,1-2H3/b7-3-. The molecule has 0 atom stereocenters. The molecule has 0 amide bonds. The van der Waals surface area contributed by atoms with Gasteiger partial charge < -0.3 is 5.32 Å². The number of anilines is 1. The zero-order valence-corrected chi connectivity index (χ0v) is 15.5. The highest BCUT2D eigenvalue weighted by molar-refractivity contribution is 7.92. The lowest BCUT2D eigenvalue weighted by Crippen LogP contribution is -2.25. The number of aryl methyl sites for hydroxylation is 1. The molecule has 1 aliphatic heterocycles. The third-order valence-electron chi connectivity index (χ3n) is 4.54. The molecule has 1 heterocycles. The summed E-state index contributed by atoms with van der Waals surface area (Å²) in [6, 6.07) is 11.3. The number of allylic oxidation sites excluding steroid dienone is 1. The Kier molecular flexibility index (Phi) is 5.25. The molecule has 25 heavy (non-hydrogen) atoms. The van der Waals surface area contributed by atoms with Crippen LogP contribution in [-0.2, 0) is 29.4 Å². The van der Waals surface area contributed by atoms with E-state index < -0.39 is 10.0 Å². The molecule has 2 N–H and O–H groups in total. The molecular formula is C20H24N2O2S. The quantitative estimate of drug-likeness (QED) is 0.858. The lowest BCUT2D eigenvalue weighted by Gasteiger charge is -2.21. The van der Waals surface area contributed by atoms with E-state index in [0.717, 1.165) is 48.2 Å². The number of rotatable bonds is 5. The Balaban J connectivity index is 2.04. The van der Waals surface area contributed by atoms with E-state index in [1.807, 2.05) is 56.3 Å². The zero-order chi connectivity index (χ0) is 17.9. The monoisotopic (exact) mass is 356 g/mol. The first-order valence-electron chi connectivity index (χ1n) is 8.65. The van der Waals surface area contributed by atoms with E-state index in [1.54, 1.807) is 6.07 Å². The molecule has 0 radical (unpaired) electrons. The number of fused-ring (bicyclic) bond motifs is 1. The van der Waals surface area contributed by atoms with Crippen molar-refractivity contribution >= 4 is 21.8 Å². The van der Waals surface area contributed by atoms with Gasteiger partial charge in [0.1, 0.15) is 0 Å². The van der Waals surface area contributed by atoms with Gasteiger partial charge in [-0.25, -0.2) is 8.42 Å². The smallest absolute Gasteiger partial charge is 0.262 e. The van der Waals surface area contributed by atoms with Gasteiger partial charge in [-0.3, -0.25) is 4.72 Å². The molecule has 2 aromatic carbocycles. The topological polar surface area (TPSA) is 58.2 Å². The largest absolute Gasteiger partial charge is 0.312 e. The molecule has 4 nitrogen and oxygen atoms in total. The van der Waals surface area contributed by atoms with E-state index in [0.29, 0.717) is 10.6 Å². The van der Waals surface area contributed by atoms with Crippen LogP contribution in [0.15, 0.2) is 47.4 Å². The van der Waals surface area contributed by atoms with Gasteiger partial charge in [0, 0.05) is 6.54 Å². The minimum absolute atomic E-state index is 0.330. The second kappa shape index (κ2) is 7.42. The van der Waals surface area contributed by atoms with Crippen LogP contribution in [0.4, 0.5) is 5.69 Å². The lowest BCUT2D eigenvalue weighted by molar-refractivity contribution is 0.600. The Morgan fingerprint density at radius 3 is 2.76 bits per heavy atom. The number of benzene rings is 2. The highest BCUT2D eigenvalue weighted by Crippen LogP contribution is 2.28. The number of hydrogen-bond donors (Lipinski definition) is 2. The Morgan fingerprint density at radius 1 is 1.20 bits per heavy atom. The molecule has 0 spiro atoms. The third kappa shape index (κ3) is 3.62. The predicted octanol–water partition coefficient (Wildman–Crippen LogP) is 3.73. The molecular weight excluding hydrogens is 332 g/mol. The van der Waals surface area contributed by atoms with Crippen LogP contribution in [0.5, 0.6) is 0 Å². The molecule has 132 valence electrons. The van der Waals surface area contributed by atoms with Crippen LogP contribution in [0, 0.1) is 0 Å². The highest BCUT2D eigenvalue weighted by atomic mass is 32.2. The van der Waals surface area contributed by atoms with Gasteiger partial charge in [0.25, 0.3) is 10.0 Å². The summed E-state index contributed by atoms with van der Waals surface area (Å²) >= 11 is 0. The van der Waals surface area contributed by atoms with Gasteiger partial charge in [0.05, 0.1) is 10.6 Å². The molecule has 5 heteroatoms. The maximum absolute atomic E-state index is 13.1. The summed E-state index contributed by atoms with van der Waals surface area (Å²) in [7, 11) is -3.65. The predicted molar refractivity (Wildman–Crippen MR) is 103 cm³/mol. The number of nitrogens with one attached hydrogen (secondary N) is 2. The van der Waals surface area contributed by atoms with Crippen LogP contribution in [0.1, 0.15) is 36.1 Å². The van der Waals surface area contributed by atoms with Gasteiger partial charge in [-0.05, 0) is 60.7 Å². The highest BCUT2D eigenvalue weighted by Gasteiger charge is 2.22. The molecule has 2 aromatic rings. The Hall–Kier alpha value is -2.11. The summed E-state index contributed by atoms with van der Waals surface area (Å²) in [6.45, 7) is 5.57. The van der Waals surface area contributed by atoms with E-state index >= 15 is 0 Å². The summed E-state index contributed by atoms with van der Waals surface area (Å²) in [4.78, 5) is 0.330. The van der Waals surface area contributed by atoms with Crippen LogP contribution >= 0.6 is 0 Å². The van der Waals surface area contributed by atoms with Crippen molar-refractivity contribution in [2.75, 3.05) is 11.3 Å². The fourth-order valence-electron chi connectivity index (χ4n) is 3.32. The minimum Gasteiger partial charge on any atom is -0.312 e. The maximum atomic E-state index is 13.1. The van der Waals surface area contributed by atoms with Crippen LogP contribution in [-0.4, -0.2) is 15.0 Å². The molecule has 0 aliphatic carbocycles. The molecule has 1 aliphatic rings. The van der Waals surface area contributed by atoms with Gasteiger partial charge >= 0.3 is 0 Å². The fraction of sp³-hybridized carbons (Fsp3) is 0.300. The molecule has 0 saturated heterocycles. The van der Waals surface area contributed by atoms with Crippen molar-refractivity contribution in [2.45, 2.75) is 38.1 Å². The number of sulfonamides is 1. The van der Waals surface area contributed by atoms with Gasteiger partial charge in [-0.15, -0.1) is 0 Å². The first kappa shape index (κ1) is 17.7. The first-order valence-corrected chi connectivity index (χ1v) is 10.1. The van der Waals surface area contributed by atoms with Crippen molar-refractivity contribution in [2.24, 2.45) is 0 Å². The average Bonchev–Trinajstić information content (AvgIpc) is 2.62. The Morgan fingerprint density at radius 2 is 2.00 bits per heavy atom. The summed E-state index contributed by atoms with van der Waals surface area (Å²) in [5, 5.41) is 3.32. The molecule has 0 unspecified atom stereocenters. The summed E-state index contributed by atoms with van der Waals surface area (Å²) < 4.78 is 29.0. The molecule has 0 bridgehead atoms. The Labute approximate surface area is 150 Å². The SMILES string of the molecule is C/C=C\c1c(CC)cccc1S(=O)(=O)Nc1cccc2c1CCNC2. The van der Waals surface area contributed by atoms with Gasteiger partial charge in [-0.1, -0.05) is 43.3 Å². The van der Waals surface area contributed by atoms with Crippen molar-refractivity contribution in [3.63, 3.8) is 0 Å². The zero-order valence-electron chi connectivity index (χ0n) is 14.7. The van der Waals surface area contributed by atoms with Crippen LogP contribution in [0.25, 0.3) is 6.08 Å². The minimum atomic E-state index is -3.65. The summed E-state index contributed by atoms with van der Waals surface area (Å²) in [5.41, 5.74) is 4.73. The lowest BCUT2D eigenvalue weighted by atomic mass is 9.99. The van der Waals surface area contributed by atoms with Crippen molar-refractivity contribution in [3.8, 4) is 0 Å². The van der Waals surface area contributed by atoms with Gasteiger partial charge in [0.15, 0.2) is 0 Å². The average molecular weight is 356 g/mol. The molecule has 0 fully saturated rings. The molecule has 0 saturated carbocycles. The van der Waals surface area contributed by atoms with Crippen LogP contribution in [0.2, 0.25) is 0 Å². The number of hydrogen-bond acceptors (Lipinski definition) is 3.